The summed E-state index contributed by atoms with van der Waals surface area (Å²) in [6.45, 7) is 5.60. The molecule has 1 atom stereocenters. The molecule has 0 aliphatic carbocycles. The van der Waals surface area contributed by atoms with Gasteiger partial charge in [0.05, 0.1) is 7.11 Å². The van der Waals surface area contributed by atoms with Crippen molar-refractivity contribution in [1.29, 1.82) is 0 Å². The third-order valence-corrected chi connectivity index (χ3v) is 5.80. The van der Waals surface area contributed by atoms with E-state index in [1.807, 2.05) is 41.6 Å². The quantitative estimate of drug-likeness (QED) is 0.695. The van der Waals surface area contributed by atoms with E-state index in [1.165, 1.54) is 5.56 Å². The van der Waals surface area contributed by atoms with Gasteiger partial charge in [0.1, 0.15) is 11.4 Å². The number of hydrogen-bond donors (Lipinski definition) is 1. The van der Waals surface area contributed by atoms with Gasteiger partial charge in [-0.2, -0.15) is 0 Å². The molecule has 1 saturated heterocycles. The number of carbonyl (C=O) groups excluding carboxylic acids is 1. The van der Waals surface area contributed by atoms with E-state index in [2.05, 4.69) is 33.9 Å². The predicted molar refractivity (Wildman–Crippen MR) is 114 cm³/mol. The molecule has 0 saturated carbocycles. The zero-order valence-electron chi connectivity index (χ0n) is 17.1. The highest BCUT2D eigenvalue weighted by Gasteiger charge is 2.28. The first-order chi connectivity index (χ1) is 14.2. The Bertz CT molecular complexity index is 969. The number of fused-ring (bicyclic) bond motifs is 1. The molecule has 1 N–H and O–H groups in total. The van der Waals surface area contributed by atoms with Gasteiger partial charge in [-0.1, -0.05) is 6.92 Å². The lowest BCUT2D eigenvalue weighted by molar-refractivity contribution is 0.0565. The molecule has 3 aromatic rings. The van der Waals surface area contributed by atoms with Crippen molar-refractivity contribution in [2.75, 3.05) is 26.7 Å². The number of H-pyrrole nitrogens is 1. The van der Waals surface area contributed by atoms with Gasteiger partial charge in [-0.15, -0.1) is 0 Å². The van der Waals surface area contributed by atoms with Crippen LogP contribution in [-0.2, 0) is 6.54 Å². The summed E-state index contributed by atoms with van der Waals surface area (Å²) in [4.78, 5) is 25.0. The average Bonchev–Trinajstić information content (AvgIpc) is 3.21. The second-order valence-electron chi connectivity index (χ2n) is 7.60. The number of ether oxygens (including phenoxy) is 1. The van der Waals surface area contributed by atoms with Crippen molar-refractivity contribution in [2.24, 2.45) is 0 Å². The molecule has 3 heterocycles. The molecule has 29 heavy (non-hydrogen) atoms. The van der Waals surface area contributed by atoms with Crippen LogP contribution in [0.4, 0.5) is 0 Å². The number of amides is 1. The van der Waals surface area contributed by atoms with E-state index in [0.717, 1.165) is 55.7 Å². The van der Waals surface area contributed by atoms with Crippen molar-refractivity contribution in [3.05, 3.63) is 60.0 Å². The Morgan fingerprint density at radius 1 is 1.28 bits per heavy atom. The number of carbonyl (C=O) groups is 1. The van der Waals surface area contributed by atoms with E-state index in [9.17, 15) is 4.79 Å². The number of likely N-dealkylation sites (tertiary alicyclic amines) is 1. The Balaban J connectivity index is 1.47. The molecule has 1 aliphatic rings. The summed E-state index contributed by atoms with van der Waals surface area (Å²) in [6.07, 6.45) is 5.82. The number of nitrogens with one attached hydrogen (secondary N) is 1. The number of benzene rings is 1. The van der Waals surface area contributed by atoms with Crippen LogP contribution in [0.15, 0.2) is 48.8 Å². The molecular weight excluding hydrogens is 364 g/mol. The number of pyridine rings is 1. The van der Waals surface area contributed by atoms with E-state index < -0.39 is 0 Å². The highest BCUT2D eigenvalue weighted by atomic mass is 16.5. The topological polar surface area (TPSA) is 61.5 Å². The van der Waals surface area contributed by atoms with E-state index in [1.54, 1.807) is 7.11 Å². The first kappa shape index (κ1) is 19.5. The lowest BCUT2D eigenvalue weighted by Crippen LogP contribution is -2.49. The molecule has 6 heteroatoms. The van der Waals surface area contributed by atoms with Gasteiger partial charge >= 0.3 is 0 Å². The Morgan fingerprint density at radius 2 is 2.10 bits per heavy atom. The fourth-order valence-corrected chi connectivity index (χ4v) is 4.18. The number of rotatable bonds is 6. The van der Waals surface area contributed by atoms with Crippen molar-refractivity contribution >= 4 is 16.8 Å². The number of hydrogen-bond acceptors (Lipinski definition) is 4. The normalized spacial score (nSPS) is 17.1. The molecule has 0 bridgehead atoms. The lowest BCUT2D eigenvalue weighted by atomic mass is 10.0. The maximum Gasteiger partial charge on any atom is 0.270 e. The van der Waals surface area contributed by atoms with Crippen LogP contribution in [0.25, 0.3) is 10.9 Å². The molecule has 1 aliphatic heterocycles. The predicted octanol–water partition coefficient (Wildman–Crippen LogP) is 3.70. The van der Waals surface area contributed by atoms with Crippen LogP contribution in [-0.4, -0.2) is 58.5 Å². The number of methoxy groups -OCH3 is 1. The molecule has 0 spiro atoms. The van der Waals surface area contributed by atoms with Crippen molar-refractivity contribution in [3.8, 4) is 5.75 Å². The molecule has 2 aromatic heterocycles. The Kier molecular flexibility index (Phi) is 5.81. The highest BCUT2D eigenvalue weighted by molar-refractivity contribution is 5.98. The molecule has 1 fully saturated rings. The van der Waals surface area contributed by atoms with Gasteiger partial charge in [-0.3, -0.25) is 14.7 Å². The first-order valence-electron chi connectivity index (χ1n) is 10.3. The highest BCUT2D eigenvalue weighted by Crippen LogP contribution is 2.24. The second-order valence-corrected chi connectivity index (χ2v) is 7.60. The maximum absolute atomic E-state index is 13.2. The van der Waals surface area contributed by atoms with Crippen LogP contribution in [0.2, 0.25) is 0 Å². The van der Waals surface area contributed by atoms with Gasteiger partial charge in [0.25, 0.3) is 5.91 Å². The number of aromatic nitrogens is 2. The summed E-state index contributed by atoms with van der Waals surface area (Å²) in [5.41, 5.74) is 2.86. The minimum absolute atomic E-state index is 0.0739. The van der Waals surface area contributed by atoms with Crippen molar-refractivity contribution < 1.29 is 9.53 Å². The Morgan fingerprint density at radius 3 is 2.86 bits per heavy atom. The third kappa shape index (κ3) is 4.27. The van der Waals surface area contributed by atoms with Crippen molar-refractivity contribution in [2.45, 2.75) is 32.4 Å². The van der Waals surface area contributed by atoms with Crippen LogP contribution in [0.1, 0.15) is 35.8 Å². The molecule has 0 radical (unpaired) electrons. The van der Waals surface area contributed by atoms with E-state index >= 15 is 0 Å². The average molecular weight is 393 g/mol. The Hall–Kier alpha value is -2.86. The van der Waals surface area contributed by atoms with E-state index in [0.29, 0.717) is 11.7 Å². The van der Waals surface area contributed by atoms with Crippen LogP contribution in [0.3, 0.4) is 0 Å². The summed E-state index contributed by atoms with van der Waals surface area (Å²) in [7, 11) is 1.65. The summed E-state index contributed by atoms with van der Waals surface area (Å²) >= 11 is 0. The molecule has 4 rings (SSSR count). The largest absolute Gasteiger partial charge is 0.497 e. The molecule has 6 nitrogen and oxygen atoms in total. The fraction of sp³-hybridized carbons (Fsp3) is 0.391. The Labute approximate surface area is 171 Å². The molecular formula is C23H28N4O2. The zero-order valence-corrected chi connectivity index (χ0v) is 17.1. The minimum atomic E-state index is 0.0739. The van der Waals surface area contributed by atoms with Gasteiger partial charge in [0, 0.05) is 49.0 Å². The van der Waals surface area contributed by atoms with Gasteiger partial charge in [0.2, 0.25) is 0 Å². The first-order valence-corrected chi connectivity index (χ1v) is 10.3. The van der Waals surface area contributed by atoms with Crippen molar-refractivity contribution in [1.82, 2.24) is 19.8 Å². The fourth-order valence-electron chi connectivity index (χ4n) is 4.18. The summed E-state index contributed by atoms with van der Waals surface area (Å²) in [6, 6.07) is 12.2. The third-order valence-electron chi connectivity index (χ3n) is 5.80. The number of nitrogens with zero attached hydrogens (tertiary/aromatic N) is 3. The second kappa shape index (κ2) is 8.66. The SMILES string of the molecule is CCN(Cc1ccncc1)C1CCCN(C(=O)c2cc3cc(OC)ccc3[nH]2)C1. The molecule has 1 amide bonds. The van der Waals surface area contributed by atoms with Crippen molar-refractivity contribution in [3.63, 3.8) is 0 Å². The van der Waals surface area contributed by atoms with Crippen LogP contribution >= 0.6 is 0 Å². The van der Waals surface area contributed by atoms with Gasteiger partial charge in [-0.25, -0.2) is 0 Å². The summed E-state index contributed by atoms with van der Waals surface area (Å²) in [5.74, 6) is 0.869. The van der Waals surface area contributed by atoms with Gasteiger partial charge in [0.15, 0.2) is 0 Å². The number of piperidine rings is 1. The molecule has 152 valence electrons. The monoisotopic (exact) mass is 392 g/mol. The summed E-state index contributed by atoms with van der Waals surface area (Å²) < 4.78 is 5.29. The maximum atomic E-state index is 13.2. The van der Waals surface area contributed by atoms with Crippen LogP contribution < -0.4 is 4.74 Å². The van der Waals surface area contributed by atoms with E-state index in [4.69, 9.17) is 4.74 Å². The zero-order chi connectivity index (χ0) is 20.2. The standard InChI is InChI=1S/C23H28N4O2/c1-3-26(15-17-8-10-24-11-9-17)19-5-4-12-27(16-19)23(28)22-14-18-13-20(29-2)6-7-21(18)25-22/h6-11,13-14,19,25H,3-5,12,15-16H2,1-2H3. The minimum Gasteiger partial charge on any atom is -0.497 e. The van der Waals surface area contributed by atoms with Crippen LogP contribution in [0, 0.1) is 0 Å². The number of aromatic amines is 1. The smallest absolute Gasteiger partial charge is 0.270 e. The number of likely N-dealkylation sites (N-methyl/N-ethyl adjacent to an activating group) is 1. The van der Waals surface area contributed by atoms with Gasteiger partial charge in [-0.05, 0) is 61.3 Å². The van der Waals surface area contributed by atoms with Gasteiger partial charge < -0.3 is 14.6 Å². The molecule has 1 unspecified atom stereocenters. The lowest BCUT2D eigenvalue weighted by Gasteiger charge is -2.39. The molecule has 1 aromatic carbocycles. The van der Waals surface area contributed by atoms with E-state index in [-0.39, 0.29) is 5.91 Å². The summed E-state index contributed by atoms with van der Waals surface area (Å²) in [5, 5.41) is 0.995. The van der Waals surface area contributed by atoms with Crippen LogP contribution in [0.5, 0.6) is 5.75 Å².